The Morgan fingerprint density at radius 3 is 1.77 bits per heavy atom. The molecule has 0 amide bonds. The highest BCUT2D eigenvalue weighted by molar-refractivity contribution is 5.66. The molecule has 0 unspecified atom stereocenters. The van der Waals surface area contributed by atoms with Gasteiger partial charge in [0.2, 0.25) is 12.6 Å². The van der Waals surface area contributed by atoms with E-state index in [9.17, 15) is 9.59 Å². The minimum atomic E-state index is -0.748. The average Bonchev–Trinajstić information content (AvgIpc) is 2.33. The summed E-state index contributed by atoms with van der Waals surface area (Å²) in [7, 11) is 0. The normalized spacial score (nSPS) is 25.7. The lowest BCUT2D eigenvalue weighted by Gasteiger charge is -2.12. The molecule has 5 nitrogen and oxygen atoms in total. The topological polar surface area (TPSA) is 61.8 Å². The van der Waals surface area contributed by atoms with Crippen LogP contribution >= 0.6 is 0 Å². The molecular formula is C8H10O5. The van der Waals surface area contributed by atoms with Crippen molar-refractivity contribution < 1.29 is 23.8 Å². The Balaban J connectivity index is 2.33. The number of carbonyl (C=O) groups is 2. The summed E-state index contributed by atoms with van der Waals surface area (Å²) in [6, 6.07) is 0. The van der Waals surface area contributed by atoms with E-state index in [2.05, 4.69) is 9.47 Å². The molecule has 0 aliphatic carbocycles. The second-order valence-electron chi connectivity index (χ2n) is 2.48. The standard InChI is InChI=1S/C8H10O5/c1-5(9)11-7-3-4-8(13-7)12-6(2)10/h3-4,7-8H,1-2H3/t7-,8-/m1/s1. The zero-order valence-electron chi connectivity index (χ0n) is 7.35. The molecule has 1 rings (SSSR count). The third-order valence-corrected chi connectivity index (χ3v) is 1.26. The lowest BCUT2D eigenvalue weighted by atomic mass is 10.5. The molecule has 1 aliphatic rings. The van der Waals surface area contributed by atoms with Gasteiger partial charge in [-0.25, -0.2) is 0 Å². The first kappa shape index (κ1) is 9.73. The van der Waals surface area contributed by atoms with Crippen LogP contribution in [0.15, 0.2) is 12.2 Å². The minimum Gasteiger partial charge on any atom is -0.432 e. The zero-order valence-corrected chi connectivity index (χ0v) is 7.35. The summed E-state index contributed by atoms with van der Waals surface area (Å²) in [5, 5.41) is 0. The lowest BCUT2D eigenvalue weighted by molar-refractivity contribution is -0.200. The van der Waals surface area contributed by atoms with Crippen molar-refractivity contribution in [1.29, 1.82) is 0 Å². The van der Waals surface area contributed by atoms with Crippen molar-refractivity contribution in [2.75, 3.05) is 0 Å². The van der Waals surface area contributed by atoms with E-state index in [0.717, 1.165) is 0 Å². The summed E-state index contributed by atoms with van der Waals surface area (Å²) in [5.74, 6) is -0.892. The van der Waals surface area contributed by atoms with Crippen LogP contribution in [0, 0.1) is 0 Å². The Hall–Kier alpha value is -1.36. The van der Waals surface area contributed by atoms with Gasteiger partial charge in [-0.05, 0) is 12.2 Å². The van der Waals surface area contributed by atoms with E-state index < -0.39 is 24.5 Å². The van der Waals surface area contributed by atoms with Gasteiger partial charge in [-0.15, -0.1) is 0 Å². The largest absolute Gasteiger partial charge is 0.432 e. The number of rotatable bonds is 2. The van der Waals surface area contributed by atoms with Crippen molar-refractivity contribution in [1.82, 2.24) is 0 Å². The quantitative estimate of drug-likeness (QED) is 0.460. The van der Waals surface area contributed by atoms with Gasteiger partial charge in [-0.1, -0.05) is 0 Å². The average molecular weight is 186 g/mol. The van der Waals surface area contributed by atoms with E-state index in [0.29, 0.717) is 0 Å². The number of carbonyl (C=O) groups excluding carboxylic acids is 2. The fraction of sp³-hybridized carbons (Fsp3) is 0.500. The van der Waals surface area contributed by atoms with Crippen LogP contribution in [-0.4, -0.2) is 24.5 Å². The van der Waals surface area contributed by atoms with Crippen LogP contribution in [0.5, 0.6) is 0 Å². The molecule has 0 aromatic heterocycles. The van der Waals surface area contributed by atoms with Crippen LogP contribution in [0.4, 0.5) is 0 Å². The summed E-state index contributed by atoms with van der Waals surface area (Å²) >= 11 is 0. The highest BCUT2D eigenvalue weighted by Gasteiger charge is 2.22. The van der Waals surface area contributed by atoms with Gasteiger partial charge in [0.25, 0.3) is 0 Å². The third kappa shape index (κ3) is 3.25. The number of ether oxygens (including phenoxy) is 3. The Kier molecular flexibility index (Phi) is 3.02. The molecule has 0 aromatic carbocycles. The van der Waals surface area contributed by atoms with Gasteiger partial charge in [0.05, 0.1) is 0 Å². The van der Waals surface area contributed by atoms with E-state index >= 15 is 0 Å². The van der Waals surface area contributed by atoms with E-state index in [4.69, 9.17) is 4.74 Å². The van der Waals surface area contributed by atoms with Crippen molar-refractivity contribution in [3.63, 3.8) is 0 Å². The molecule has 13 heavy (non-hydrogen) atoms. The number of hydrogen-bond acceptors (Lipinski definition) is 5. The molecule has 1 aliphatic heterocycles. The predicted molar refractivity (Wildman–Crippen MR) is 41.3 cm³/mol. The molecule has 1 heterocycles. The van der Waals surface area contributed by atoms with Crippen LogP contribution in [-0.2, 0) is 23.8 Å². The molecule has 0 saturated heterocycles. The highest BCUT2D eigenvalue weighted by atomic mass is 16.8. The van der Waals surface area contributed by atoms with Gasteiger partial charge < -0.3 is 9.47 Å². The number of esters is 2. The minimum absolute atomic E-state index is 0.446. The molecule has 2 atom stereocenters. The molecular weight excluding hydrogens is 176 g/mol. The van der Waals surface area contributed by atoms with E-state index in [1.54, 1.807) is 0 Å². The van der Waals surface area contributed by atoms with E-state index in [-0.39, 0.29) is 0 Å². The van der Waals surface area contributed by atoms with Crippen molar-refractivity contribution in [2.24, 2.45) is 0 Å². The molecule has 72 valence electrons. The monoisotopic (exact) mass is 186 g/mol. The lowest BCUT2D eigenvalue weighted by Crippen LogP contribution is -2.21. The van der Waals surface area contributed by atoms with E-state index in [1.165, 1.54) is 26.0 Å². The van der Waals surface area contributed by atoms with Gasteiger partial charge in [-0.3, -0.25) is 14.3 Å². The molecule has 0 spiro atoms. The first-order valence-corrected chi connectivity index (χ1v) is 3.76. The Morgan fingerprint density at radius 2 is 1.46 bits per heavy atom. The van der Waals surface area contributed by atoms with Crippen molar-refractivity contribution in [3.05, 3.63) is 12.2 Å². The summed E-state index contributed by atoms with van der Waals surface area (Å²) < 4.78 is 14.4. The first-order chi connectivity index (χ1) is 6.08. The maximum atomic E-state index is 10.5. The van der Waals surface area contributed by atoms with Gasteiger partial charge in [0, 0.05) is 13.8 Å². The summed E-state index contributed by atoms with van der Waals surface area (Å²) in [5.41, 5.74) is 0. The second-order valence-corrected chi connectivity index (χ2v) is 2.48. The maximum absolute atomic E-state index is 10.5. The van der Waals surface area contributed by atoms with Crippen LogP contribution in [0.1, 0.15) is 13.8 Å². The van der Waals surface area contributed by atoms with Crippen LogP contribution in [0.3, 0.4) is 0 Å². The maximum Gasteiger partial charge on any atom is 0.305 e. The molecule has 0 bridgehead atoms. The van der Waals surface area contributed by atoms with Gasteiger partial charge in [0.15, 0.2) is 0 Å². The third-order valence-electron chi connectivity index (χ3n) is 1.26. The Labute approximate surface area is 75.3 Å². The highest BCUT2D eigenvalue weighted by Crippen LogP contribution is 2.13. The SMILES string of the molecule is CC(=O)O[C@H]1C=C[C@H](OC(C)=O)O1. The summed E-state index contributed by atoms with van der Waals surface area (Å²) in [6.07, 6.45) is 1.52. The molecule has 5 heteroatoms. The Bertz CT molecular complexity index is 221. The van der Waals surface area contributed by atoms with Gasteiger partial charge in [0.1, 0.15) is 0 Å². The fourth-order valence-corrected chi connectivity index (χ4v) is 0.866. The first-order valence-electron chi connectivity index (χ1n) is 3.76. The van der Waals surface area contributed by atoms with Crippen LogP contribution in [0.25, 0.3) is 0 Å². The predicted octanol–water partition coefficient (Wildman–Crippen LogP) is 0.351. The van der Waals surface area contributed by atoms with Crippen molar-refractivity contribution in [3.8, 4) is 0 Å². The zero-order chi connectivity index (χ0) is 9.84. The number of hydrogen-bond donors (Lipinski definition) is 0. The van der Waals surface area contributed by atoms with Crippen molar-refractivity contribution in [2.45, 2.75) is 26.4 Å². The van der Waals surface area contributed by atoms with Crippen LogP contribution in [0.2, 0.25) is 0 Å². The van der Waals surface area contributed by atoms with Gasteiger partial charge in [-0.2, -0.15) is 0 Å². The van der Waals surface area contributed by atoms with Gasteiger partial charge >= 0.3 is 11.9 Å². The Morgan fingerprint density at radius 1 is 1.08 bits per heavy atom. The molecule has 0 saturated carbocycles. The molecule has 0 aromatic rings. The molecule has 0 radical (unpaired) electrons. The summed E-state index contributed by atoms with van der Waals surface area (Å²) in [4.78, 5) is 21.0. The van der Waals surface area contributed by atoms with Crippen LogP contribution < -0.4 is 0 Å². The fourth-order valence-electron chi connectivity index (χ4n) is 0.866. The second kappa shape index (κ2) is 4.04. The molecule has 0 fully saturated rings. The smallest absolute Gasteiger partial charge is 0.305 e. The molecule has 0 N–H and O–H groups in total. The van der Waals surface area contributed by atoms with E-state index in [1.807, 2.05) is 0 Å². The van der Waals surface area contributed by atoms with Crippen molar-refractivity contribution >= 4 is 11.9 Å². The summed E-state index contributed by atoms with van der Waals surface area (Å²) in [6.45, 7) is 2.55.